The first-order chi connectivity index (χ1) is 47.3. The minimum Gasteiger partial charge on any atom is -0.394 e. The summed E-state index contributed by atoms with van der Waals surface area (Å²) in [5, 5.41) is 121. The van der Waals surface area contributed by atoms with Gasteiger partial charge in [-0.05, 0) is 83.5 Å². The Balaban J connectivity index is 1.32. The smallest absolute Gasteiger partial charge is 0.220 e. The van der Waals surface area contributed by atoms with E-state index in [4.69, 9.17) is 28.4 Å². The summed E-state index contributed by atoms with van der Waals surface area (Å²) in [5.41, 5.74) is 0. The highest BCUT2D eigenvalue weighted by Gasteiger charge is 2.53. The summed E-state index contributed by atoms with van der Waals surface area (Å²) in [6.45, 7) is 1.67. The van der Waals surface area contributed by atoms with Crippen molar-refractivity contribution in [3.05, 3.63) is 109 Å². The second kappa shape index (κ2) is 58.0. The van der Waals surface area contributed by atoms with Gasteiger partial charge in [-0.15, -0.1) is 0 Å². The Bertz CT molecular complexity index is 2180. The van der Waals surface area contributed by atoms with Crippen LogP contribution in [0.25, 0.3) is 0 Å². The fourth-order valence-electron chi connectivity index (χ4n) is 12.1. The summed E-state index contributed by atoms with van der Waals surface area (Å²) in [5.74, 6) is -0.250. The third-order valence-electron chi connectivity index (χ3n) is 18.1. The van der Waals surface area contributed by atoms with E-state index in [2.05, 4.69) is 129 Å². The Labute approximate surface area is 583 Å². The van der Waals surface area contributed by atoms with E-state index in [1.54, 1.807) is 0 Å². The van der Waals surface area contributed by atoms with Gasteiger partial charge in [0.05, 0.1) is 38.6 Å². The summed E-state index contributed by atoms with van der Waals surface area (Å²) in [7, 11) is 0. The second-order valence-corrected chi connectivity index (χ2v) is 26.4. The lowest BCUT2D eigenvalue weighted by Crippen LogP contribution is -2.66. The van der Waals surface area contributed by atoms with Crippen LogP contribution >= 0.6 is 0 Å². The zero-order chi connectivity index (χ0) is 70.4. The van der Waals surface area contributed by atoms with Crippen molar-refractivity contribution in [2.24, 2.45) is 0 Å². The monoisotopic (exact) mass is 1370 g/mol. The molecule has 19 nitrogen and oxygen atoms in total. The van der Waals surface area contributed by atoms with E-state index in [0.717, 1.165) is 116 Å². The van der Waals surface area contributed by atoms with Gasteiger partial charge >= 0.3 is 0 Å². The summed E-state index contributed by atoms with van der Waals surface area (Å²) >= 11 is 0. The average molecular weight is 1370 g/mol. The van der Waals surface area contributed by atoms with E-state index < -0.39 is 124 Å². The van der Waals surface area contributed by atoms with Gasteiger partial charge in [0.15, 0.2) is 18.9 Å². The number of nitrogens with one attached hydrogen (secondary N) is 1. The molecule has 1 amide bonds. The molecule has 3 aliphatic rings. The van der Waals surface area contributed by atoms with E-state index in [0.29, 0.717) is 12.8 Å². The summed E-state index contributed by atoms with van der Waals surface area (Å²) in [6.07, 6.45) is 51.8. The van der Waals surface area contributed by atoms with E-state index in [9.17, 15) is 61.0 Å². The number of hydrogen-bond acceptors (Lipinski definition) is 18. The molecule has 0 aliphatic carbocycles. The molecule has 0 saturated carbocycles. The second-order valence-electron chi connectivity index (χ2n) is 26.4. The first-order valence-corrected chi connectivity index (χ1v) is 37.6. The van der Waals surface area contributed by atoms with Crippen molar-refractivity contribution in [3.8, 4) is 0 Å². The van der Waals surface area contributed by atoms with Gasteiger partial charge in [0.1, 0.15) is 73.2 Å². The van der Waals surface area contributed by atoms with Crippen LogP contribution in [-0.2, 0) is 33.2 Å². The van der Waals surface area contributed by atoms with Gasteiger partial charge in [-0.25, -0.2) is 0 Å². The molecule has 3 heterocycles. The molecule has 97 heavy (non-hydrogen) atoms. The van der Waals surface area contributed by atoms with Crippen LogP contribution in [-0.4, -0.2) is 193 Å². The van der Waals surface area contributed by atoms with Crippen molar-refractivity contribution in [2.75, 3.05) is 26.4 Å². The molecule has 0 bridgehead atoms. The first-order valence-electron chi connectivity index (χ1n) is 37.6. The fourth-order valence-corrected chi connectivity index (χ4v) is 12.1. The largest absolute Gasteiger partial charge is 0.394 e. The van der Waals surface area contributed by atoms with Crippen LogP contribution in [0.5, 0.6) is 0 Å². The lowest BCUT2D eigenvalue weighted by atomic mass is 9.96. The zero-order valence-electron chi connectivity index (χ0n) is 59.3. The number of ether oxygens (including phenoxy) is 6. The number of amides is 1. The first kappa shape index (κ1) is 87.7. The maximum atomic E-state index is 13.4. The van der Waals surface area contributed by atoms with Crippen LogP contribution in [0.1, 0.15) is 245 Å². The van der Waals surface area contributed by atoms with Crippen LogP contribution in [0, 0.1) is 0 Å². The highest BCUT2D eigenvalue weighted by atomic mass is 16.8. The van der Waals surface area contributed by atoms with Crippen LogP contribution in [0.4, 0.5) is 0 Å². The van der Waals surface area contributed by atoms with Crippen molar-refractivity contribution in [1.82, 2.24) is 5.32 Å². The molecule has 3 rings (SSSR count). The van der Waals surface area contributed by atoms with Crippen molar-refractivity contribution in [3.63, 3.8) is 0 Å². The van der Waals surface area contributed by atoms with E-state index in [-0.39, 0.29) is 18.9 Å². The third kappa shape index (κ3) is 38.9. The van der Waals surface area contributed by atoms with E-state index >= 15 is 0 Å². The maximum Gasteiger partial charge on any atom is 0.220 e. The van der Waals surface area contributed by atoms with Gasteiger partial charge in [-0.3, -0.25) is 4.79 Å². The highest BCUT2D eigenvalue weighted by molar-refractivity contribution is 5.76. The number of aliphatic hydroxyl groups excluding tert-OH is 11. The number of aliphatic hydroxyl groups is 11. The molecule has 0 aromatic rings. The van der Waals surface area contributed by atoms with Gasteiger partial charge in [-0.1, -0.05) is 264 Å². The molecular weight excluding hydrogens is 1240 g/mol. The number of allylic oxidation sites excluding steroid dienone is 18. The topological polar surface area (TPSA) is 307 Å². The van der Waals surface area contributed by atoms with E-state index in [1.807, 2.05) is 0 Å². The van der Waals surface area contributed by atoms with Gasteiger partial charge in [0.2, 0.25) is 5.91 Å². The molecule has 0 aromatic carbocycles. The Morgan fingerprint density at radius 2 is 0.711 bits per heavy atom. The highest BCUT2D eigenvalue weighted by Crippen LogP contribution is 2.33. The molecule has 3 fully saturated rings. The Morgan fingerprint density at radius 1 is 0.381 bits per heavy atom. The van der Waals surface area contributed by atoms with Crippen LogP contribution in [0.2, 0.25) is 0 Å². The van der Waals surface area contributed by atoms with Crippen molar-refractivity contribution < 1.29 is 89.4 Å². The third-order valence-corrected chi connectivity index (χ3v) is 18.1. The molecule has 17 unspecified atom stereocenters. The summed E-state index contributed by atoms with van der Waals surface area (Å²) in [4.78, 5) is 13.4. The van der Waals surface area contributed by atoms with Crippen molar-refractivity contribution in [1.29, 1.82) is 0 Å². The molecular formula is C78H133NO18. The lowest BCUT2D eigenvalue weighted by molar-refractivity contribution is -0.379. The van der Waals surface area contributed by atoms with Crippen LogP contribution < -0.4 is 5.32 Å². The predicted molar refractivity (Wildman–Crippen MR) is 383 cm³/mol. The normalized spacial score (nSPS) is 27.5. The molecule has 3 saturated heterocycles. The number of carbonyl (C=O) groups excluding carboxylic acids is 1. The predicted octanol–water partition coefficient (Wildman–Crippen LogP) is 11.4. The minimum absolute atomic E-state index is 0.250. The van der Waals surface area contributed by atoms with Crippen LogP contribution in [0.3, 0.4) is 0 Å². The summed E-state index contributed by atoms with van der Waals surface area (Å²) < 4.78 is 34.4. The molecule has 0 radical (unpaired) electrons. The molecule has 12 N–H and O–H groups in total. The van der Waals surface area contributed by atoms with Gasteiger partial charge in [0, 0.05) is 6.42 Å². The van der Waals surface area contributed by atoms with Gasteiger partial charge < -0.3 is 89.9 Å². The Kier molecular flexibility index (Phi) is 52.4. The Morgan fingerprint density at radius 3 is 1.11 bits per heavy atom. The number of rotatable bonds is 57. The lowest BCUT2D eigenvalue weighted by Gasteiger charge is -2.48. The standard InChI is InChI=1S/C78H133NO18/c1-3-5-7-9-11-13-15-17-18-19-20-21-22-23-24-25-26-27-28-29-30-31-32-33-34-35-36-37-38-39-40-41-42-44-46-48-50-52-54-56-66(84)79-61(62(83)55-53-51-49-47-45-43-16-14-12-10-8-6-4-2)60-92-76-72(90)69(87)74(64(58-81)94-76)97-78-73(91)70(88)75(65(59-82)95-78)96-77-71(89)68(86)67(85)63(57-80)93-77/h5,7,11,13,17-18,20-21,23-24,26-27,29-30,32-33,35-36,61-65,67-78,80-83,85-91H,3-4,6,8-10,12,14-16,19,22,25,28,31,34,37-60H2,1-2H3,(H,79,84)/b7-5-,13-11-,18-17-,21-20-,24-23-,27-26-,30-29-,33-32-,36-35-. The molecule has 17 atom stereocenters. The van der Waals surface area contributed by atoms with Crippen molar-refractivity contribution in [2.45, 2.75) is 349 Å². The molecule has 19 heteroatoms. The van der Waals surface area contributed by atoms with Gasteiger partial charge in [0.25, 0.3) is 0 Å². The zero-order valence-corrected chi connectivity index (χ0v) is 59.3. The molecule has 0 spiro atoms. The quantitative estimate of drug-likeness (QED) is 0.0199. The number of hydrogen-bond donors (Lipinski definition) is 12. The van der Waals surface area contributed by atoms with Gasteiger partial charge in [-0.2, -0.15) is 0 Å². The molecule has 558 valence electrons. The molecule has 0 aromatic heterocycles. The number of carbonyl (C=O) groups is 1. The molecule has 3 aliphatic heterocycles. The SMILES string of the molecule is CC/C=C\C/C=C\C/C=C\C/C=C\C/C=C\C/C=C\C/C=C\C/C=C\C/C=C\CCCCCCCCCCCCCC(=O)NC(COC1OC(CO)C(OC2OC(CO)C(OC3OC(CO)C(O)C(O)C3O)C(O)C2O)C(O)C1O)C(O)CCCCCCCCCCCCCCC. The average Bonchev–Trinajstić information content (AvgIpc) is 0.809. The van der Waals surface area contributed by atoms with Crippen LogP contribution in [0.15, 0.2) is 109 Å². The minimum atomic E-state index is -1.98. The fraction of sp³-hybridized carbons (Fsp3) is 0.756. The maximum absolute atomic E-state index is 13.4. The Hall–Kier alpha value is -3.55. The van der Waals surface area contributed by atoms with E-state index in [1.165, 1.54) is 96.3 Å². The van der Waals surface area contributed by atoms with Crippen molar-refractivity contribution >= 4 is 5.91 Å². The number of unbranched alkanes of at least 4 members (excludes halogenated alkanes) is 23. The summed E-state index contributed by atoms with van der Waals surface area (Å²) in [6, 6.07) is -0.895.